The molecule has 5 nitrogen and oxygen atoms in total. The van der Waals surface area contributed by atoms with Crippen molar-refractivity contribution in [2.75, 3.05) is 42.9 Å². The number of carbonyl (C=O) groups excluding carboxylic acids is 1. The number of hydrogen-bond acceptors (Lipinski definition) is 5. The Morgan fingerprint density at radius 3 is 2.62 bits per heavy atom. The van der Waals surface area contributed by atoms with Gasteiger partial charge in [-0.1, -0.05) is 32.9 Å². The molecule has 2 heterocycles. The molecule has 1 aliphatic carbocycles. The number of anilines is 2. The van der Waals surface area contributed by atoms with Crippen LogP contribution in [0.5, 0.6) is 0 Å². The summed E-state index contributed by atoms with van der Waals surface area (Å²) in [5.41, 5.74) is 2.64. The van der Waals surface area contributed by atoms with Crippen molar-refractivity contribution < 1.29 is 9.18 Å². The molecule has 0 spiro atoms. The second kappa shape index (κ2) is 9.21. The predicted octanol–water partition coefficient (Wildman–Crippen LogP) is 4.67. The molecular weight excluding hydrogens is 423 g/mol. The lowest BCUT2D eigenvalue weighted by molar-refractivity contribution is -0.117. The van der Waals surface area contributed by atoms with Gasteiger partial charge in [0.05, 0.1) is 17.8 Å². The summed E-state index contributed by atoms with van der Waals surface area (Å²) in [6.07, 6.45) is 2.97. The van der Waals surface area contributed by atoms with Crippen LogP contribution in [0.4, 0.5) is 15.1 Å². The third-order valence-electron chi connectivity index (χ3n) is 6.79. The van der Waals surface area contributed by atoms with E-state index in [0.717, 1.165) is 24.8 Å². The zero-order valence-electron chi connectivity index (χ0n) is 19.1. The summed E-state index contributed by atoms with van der Waals surface area (Å²) >= 11 is 1.57. The highest BCUT2D eigenvalue weighted by Crippen LogP contribution is 2.44. The Morgan fingerprint density at radius 1 is 1.25 bits per heavy atom. The van der Waals surface area contributed by atoms with Gasteiger partial charge >= 0.3 is 0 Å². The number of nitrogens with one attached hydrogen (secondary N) is 1. The molecule has 1 aromatic heterocycles. The minimum Gasteiger partial charge on any atom is -0.367 e. The molecule has 1 saturated heterocycles. The molecule has 1 unspecified atom stereocenters. The lowest BCUT2D eigenvalue weighted by atomic mass is 9.72. The number of halogens is 1. The maximum atomic E-state index is 14.0. The average molecular weight is 455 g/mol. The lowest BCUT2D eigenvalue weighted by Gasteiger charge is -2.35. The molecule has 1 N–H and O–H groups in total. The molecule has 1 fully saturated rings. The predicted molar refractivity (Wildman–Crippen MR) is 128 cm³/mol. The molecule has 2 aliphatic rings. The lowest BCUT2D eigenvalue weighted by Crippen LogP contribution is -2.48. The average Bonchev–Trinajstić information content (AvgIpc) is 3.10. The maximum absolute atomic E-state index is 14.0. The molecule has 0 saturated carbocycles. The first kappa shape index (κ1) is 22.8. The van der Waals surface area contributed by atoms with E-state index in [1.54, 1.807) is 23.5 Å². The van der Waals surface area contributed by atoms with Gasteiger partial charge in [-0.3, -0.25) is 9.69 Å². The van der Waals surface area contributed by atoms with Crippen LogP contribution in [0.25, 0.3) is 0 Å². The van der Waals surface area contributed by atoms with Crippen molar-refractivity contribution in [2.45, 2.75) is 40.0 Å². The van der Waals surface area contributed by atoms with E-state index in [2.05, 4.69) is 37.1 Å². The first-order chi connectivity index (χ1) is 15.3. The maximum Gasteiger partial charge on any atom is 0.239 e. The van der Waals surface area contributed by atoms with Gasteiger partial charge in [-0.05, 0) is 48.3 Å². The number of fused-ring (bicyclic) bond motifs is 1. The molecule has 0 radical (unpaired) electrons. The minimum absolute atomic E-state index is 0.0909. The fourth-order valence-corrected chi connectivity index (χ4v) is 6.05. The topological polar surface area (TPSA) is 59.4 Å². The molecule has 4 rings (SSSR count). The van der Waals surface area contributed by atoms with E-state index in [1.807, 2.05) is 11.0 Å². The third-order valence-corrected chi connectivity index (χ3v) is 7.96. The van der Waals surface area contributed by atoms with E-state index in [0.29, 0.717) is 48.3 Å². The second-order valence-electron chi connectivity index (χ2n) is 9.89. The zero-order chi connectivity index (χ0) is 22.9. The van der Waals surface area contributed by atoms with Crippen molar-refractivity contribution in [1.82, 2.24) is 4.90 Å². The summed E-state index contributed by atoms with van der Waals surface area (Å²) in [7, 11) is 0. The first-order valence-electron chi connectivity index (χ1n) is 11.3. The van der Waals surface area contributed by atoms with Crippen molar-refractivity contribution in [3.05, 3.63) is 46.1 Å². The third kappa shape index (κ3) is 4.82. The number of para-hydroxylation sites is 1. The molecule has 1 aromatic carbocycles. The van der Waals surface area contributed by atoms with Gasteiger partial charge in [-0.25, -0.2) is 4.39 Å². The molecule has 32 heavy (non-hydrogen) atoms. The van der Waals surface area contributed by atoms with E-state index in [9.17, 15) is 14.4 Å². The monoisotopic (exact) mass is 454 g/mol. The van der Waals surface area contributed by atoms with Crippen LogP contribution < -0.4 is 10.2 Å². The highest BCUT2D eigenvalue weighted by Gasteiger charge is 2.32. The van der Waals surface area contributed by atoms with Gasteiger partial charge in [0.15, 0.2) is 0 Å². The van der Waals surface area contributed by atoms with Crippen LogP contribution in [0.2, 0.25) is 0 Å². The Bertz CT molecular complexity index is 1030. The summed E-state index contributed by atoms with van der Waals surface area (Å²) < 4.78 is 14.0. The summed E-state index contributed by atoms with van der Waals surface area (Å²) in [5.74, 6) is 0.291. The normalized spacial score (nSPS) is 19.3. The SMILES string of the molecule is CC(C)(C)C1CCc2c(sc(NC(=O)CN3CCN(c4ccccc4F)CC3)c2C#N)C1. The number of nitriles is 1. The molecule has 1 aliphatic heterocycles. The van der Waals surface area contributed by atoms with Crippen molar-refractivity contribution >= 4 is 27.9 Å². The molecule has 0 bridgehead atoms. The number of carbonyl (C=O) groups is 1. The van der Waals surface area contributed by atoms with Gasteiger partial charge in [0.25, 0.3) is 0 Å². The van der Waals surface area contributed by atoms with Crippen molar-refractivity contribution in [3.8, 4) is 6.07 Å². The van der Waals surface area contributed by atoms with Gasteiger partial charge < -0.3 is 10.2 Å². The van der Waals surface area contributed by atoms with E-state index < -0.39 is 0 Å². The van der Waals surface area contributed by atoms with Gasteiger partial charge in [0.2, 0.25) is 5.91 Å². The van der Waals surface area contributed by atoms with Crippen LogP contribution in [-0.4, -0.2) is 43.5 Å². The Morgan fingerprint density at radius 2 is 1.97 bits per heavy atom. The highest BCUT2D eigenvalue weighted by molar-refractivity contribution is 7.16. The van der Waals surface area contributed by atoms with E-state index in [-0.39, 0.29) is 23.7 Å². The van der Waals surface area contributed by atoms with Gasteiger partial charge in [0, 0.05) is 31.1 Å². The van der Waals surface area contributed by atoms with Gasteiger partial charge in [-0.15, -0.1) is 11.3 Å². The smallest absolute Gasteiger partial charge is 0.239 e. The van der Waals surface area contributed by atoms with Gasteiger partial charge in [-0.2, -0.15) is 5.26 Å². The van der Waals surface area contributed by atoms with Crippen molar-refractivity contribution in [3.63, 3.8) is 0 Å². The summed E-state index contributed by atoms with van der Waals surface area (Å²) in [4.78, 5) is 18.1. The first-order valence-corrected chi connectivity index (χ1v) is 12.1. The molecule has 170 valence electrons. The quantitative estimate of drug-likeness (QED) is 0.729. The Hall–Kier alpha value is -2.43. The number of nitrogens with zero attached hydrogens (tertiary/aromatic N) is 3. The van der Waals surface area contributed by atoms with Crippen LogP contribution >= 0.6 is 11.3 Å². The fraction of sp³-hybridized carbons (Fsp3) is 0.520. The Labute approximate surface area is 193 Å². The number of benzene rings is 1. The zero-order valence-corrected chi connectivity index (χ0v) is 19.9. The second-order valence-corrected chi connectivity index (χ2v) is 11.0. The number of hydrogen-bond donors (Lipinski definition) is 1. The van der Waals surface area contributed by atoms with Crippen molar-refractivity contribution in [1.29, 1.82) is 5.26 Å². The summed E-state index contributed by atoms with van der Waals surface area (Å²) in [6, 6.07) is 9.15. The largest absolute Gasteiger partial charge is 0.367 e. The molecule has 2 aromatic rings. The van der Waals surface area contributed by atoms with Crippen LogP contribution in [0.1, 0.15) is 43.2 Å². The Kier molecular flexibility index (Phi) is 6.55. The van der Waals surface area contributed by atoms with Crippen molar-refractivity contribution in [2.24, 2.45) is 11.3 Å². The van der Waals surface area contributed by atoms with Crippen LogP contribution in [0.15, 0.2) is 24.3 Å². The molecule has 1 atom stereocenters. The molecule has 1 amide bonds. The van der Waals surface area contributed by atoms with Gasteiger partial charge in [0.1, 0.15) is 16.9 Å². The van der Waals surface area contributed by atoms with E-state index in [4.69, 9.17) is 0 Å². The standard InChI is InChI=1S/C25H31FN4OS/c1-25(2,3)17-8-9-18-19(15-27)24(32-22(18)14-17)28-23(31)16-29-10-12-30(13-11-29)21-7-5-4-6-20(21)26/h4-7,17H,8-14,16H2,1-3H3,(H,28,31). The van der Waals surface area contributed by atoms with Crippen LogP contribution in [0.3, 0.4) is 0 Å². The number of amides is 1. The summed E-state index contributed by atoms with van der Waals surface area (Å²) in [6.45, 7) is 9.85. The number of piperazine rings is 1. The van der Waals surface area contributed by atoms with E-state index >= 15 is 0 Å². The molecule has 7 heteroatoms. The minimum atomic E-state index is -0.210. The van der Waals surface area contributed by atoms with E-state index in [1.165, 1.54) is 10.9 Å². The highest BCUT2D eigenvalue weighted by atomic mass is 32.1. The number of thiophene rings is 1. The fourth-order valence-electron chi connectivity index (χ4n) is 4.76. The Balaban J connectivity index is 1.36. The molecular formula is C25H31FN4OS. The number of rotatable bonds is 4. The summed E-state index contributed by atoms with van der Waals surface area (Å²) in [5, 5.41) is 13.5. The van der Waals surface area contributed by atoms with Crippen LogP contribution in [-0.2, 0) is 17.6 Å². The van der Waals surface area contributed by atoms with Crippen LogP contribution in [0, 0.1) is 28.5 Å².